The van der Waals surface area contributed by atoms with Crippen LogP contribution in [0.15, 0.2) is 0 Å². The van der Waals surface area contributed by atoms with E-state index in [4.69, 9.17) is 15.3 Å². The summed E-state index contributed by atoms with van der Waals surface area (Å²) in [4.78, 5) is 0. The van der Waals surface area contributed by atoms with Gasteiger partial charge in [-0.2, -0.15) is 0 Å². The highest BCUT2D eigenvalue weighted by molar-refractivity contribution is 5.17. The monoisotopic (exact) mass is 1690 g/mol. The molecule has 710 valence electrons. The first-order valence-corrected chi connectivity index (χ1v) is 53.9. The number of hydrogen-bond donors (Lipinski definition) is 7. The third-order valence-electron chi connectivity index (χ3n) is 42.4. The lowest BCUT2D eigenvalue weighted by molar-refractivity contribution is -0.173. The van der Waals surface area contributed by atoms with Gasteiger partial charge in [-0.15, -0.1) is 0 Å². The summed E-state index contributed by atoms with van der Waals surface area (Å²) < 4.78 is 0. The van der Waals surface area contributed by atoms with Crippen molar-refractivity contribution in [1.29, 1.82) is 0 Å². The van der Waals surface area contributed by atoms with Gasteiger partial charge in [-0.25, -0.2) is 0 Å². The lowest BCUT2D eigenvalue weighted by Gasteiger charge is -2.60. The molecule has 21 saturated carbocycles. The smallest absolute Gasteiger partial charge is 0.0701 e. The van der Waals surface area contributed by atoms with Crippen LogP contribution in [0.4, 0.5) is 0 Å². The topological polar surface area (TPSA) is 142 Å². The molecule has 0 aromatic heterocycles. The van der Waals surface area contributed by atoms with Gasteiger partial charge in [0, 0.05) is 25.7 Å². The minimum Gasteiger partial charge on any atom is -0.400 e. The number of aliphatic hydroxyl groups is 7. The van der Waals surface area contributed by atoms with Crippen molar-refractivity contribution >= 4 is 0 Å². The molecule has 21 rings (SSSR count). The molecule has 0 aromatic carbocycles. The van der Waals surface area contributed by atoms with Gasteiger partial charge in [-0.1, -0.05) is 254 Å². The zero-order chi connectivity index (χ0) is 89.6. The standard InChI is InChI=1S/C16H28.C14H26O.C14H22.C11H20O.C10H18O.C10H20.2C9H16.C8H14O.C8H16.2C2H6O.CH4O/c1-11-6-7-12-15(4,5)13-10-16(11,12)9-8-14(13,2)3;1-12(2,15)14-10-6-4-8-13(14,3)9-5-7-11-14;1-14(2)7-10-6-11(14)13-9-4-3-8(5-9)12(10)13;1-10-6-2-4-8-11(10,12)9-5-3-7-10;1-9-5-2-3-7-10(9,11)8-4-6-9;1-10(2,3)9-7-5-4-6-8-9;2*1-9(2)6-7-3-4-8(9)5-7;1-7-2-4-8(9,6-7)5-3-7;1-8(2)6-4-3-5-7-8;2*1-2-3;1-2/h11-13H,6-10H2,1-5H3;15H,4-11H2,1-3H3;8-13H,3-7H2,1-2H3;12H,2-9H2,1H3;11H,2-8H2,1H3;9H,4-8H2,1-3H3;2*7-8H,3-6H2,1-2H3;9H,2-6H2,1H3;3-7H2,1-2H3;2*3H,2H2,1H3;2H,1H3. The van der Waals surface area contributed by atoms with Gasteiger partial charge in [-0.05, 0) is 420 Å². The molecule has 1 spiro atoms. The summed E-state index contributed by atoms with van der Waals surface area (Å²) in [6, 6.07) is 0. The molecule has 0 amide bonds. The Bertz CT molecular complexity index is 2940. The molecule has 7 N–H and O–H groups in total. The summed E-state index contributed by atoms with van der Waals surface area (Å²) in [6.07, 6.45) is 76.9. The summed E-state index contributed by atoms with van der Waals surface area (Å²) in [5.41, 5.74) is 5.72. The number of rotatable bonds is 1. The molecule has 16 unspecified atom stereocenters. The van der Waals surface area contributed by atoms with Crippen molar-refractivity contribution in [1.82, 2.24) is 0 Å². The maximum atomic E-state index is 10.6. The van der Waals surface area contributed by atoms with Crippen molar-refractivity contribution in [2.75, 3.05) is 20.3 Å². The number of hydrogen-bond acceptors (Lipinski definition) is 7. The van der Waals surface area contributed by atoms with Gasteiger partial charge in [0.1, 0.15) is 0 Å². The van der Waals surface area contributed by atoms with E-state index in [9.17, 15) is 20.4 Å². The lowest BCUT2D eigenvalue weighted by atomic mass is 9.46. The SMILES string of the molecule is CC(C)(C)C1CCCCC1.CC(C)(O)C12CCCCC1(C)CCCC2.CC1(C)CC2CC1C1C3CCC(C3)C21.CC1(C)CC2CCC1C2.CC1(C)CC2CCC1C2.CC1(C)CCCCC1.CC12CCC(O)(CC1)C2.CC12CCCCC1(O)CCC2.CC12CCCCC1(O)CCCC2.CC1CCC2C(C)(C)C3CC12CCC3(C)C.CCO.CCO.CO. The van der Waals surface area contributed by atoms with E-state index in [0.717, 1.165) is 117 Å². The average molecular weight is 1690 g/mol. The van der Waals surface area contributed by atoms with Gasteiger partial charge in [0.15, 0.2) is 0 Å². The molecule has 0 radical (unpaired) electrons. The molecular formula is C114H212O7. The predicted molar refractivity (Wildman–Crippen MR) is 517 cm³/mol. The van der Waals surface area contributed by atoms with Gasteiger partial charge >= 0.3 is 0 Å². The van der Waals surface area contributed by atoms with Gasteiger partial charge < -0.3 is 35.7 Å². The minimum atomic E-state index is -0.497. The van der Waals surface area contributed by atoms with Gasteiger partial charge in [0.2, 0.25) is 0 Å². The molecule has 21 aliphatic carbocycles. The first-order valence-electron chi connectivity index (χ1n) is 53.9. The molecule has 7 nitrogen and oxygen atoms in total. The van der Waals surface area contributed by atoms with Crippen molar-refractivity contribution < 1.29 is 35.7 Å². The van der Waals surface area contributed by atoms with E-state index in [1.54, 1.807) is 65.2 Å². The zero-order valence-electron chi connectivity index (χ0n) is 85.7. The Morgan fingerprint density at radius 3 is 1.10 bits per heavy atom. The van der Waals surface area contributed by atoms with Crippen LogP contribution in [0.2, 0.25) is 0 Å². The largest absolute Gasteiger partial charge is 0.400 e. The predicted octanol–water partition coefficient (Wildman–Crippen LogP) is 31.4. The Kier molecular flexibility index (Phi) is 35.8. The second-order valence-electron chi connectivity index (χ2n) is 54.3. The fourth-order valence-corrected chi connectivity index (χ4v) is 34.9. The highest BCUT2D eigenvalue weighted by Crippen LogP contribution is 2.76. The quantitative estimate of drug-likeness (QED) is 0.130. The maximum absolute atomic E-state index is 10.6. The van der Waals surface area contributed by atoms with Crippen molar-refractivity contribution in [3.63, 3.8) is 0 Å². The third-order valence-corrected chi connectivity index (χ3v) is 42.4. The Labute approximate surface area is 752 Å². The minimum absolute atomic E-state index is 0.205. The molecular weight excluding hydrogens is 1480 g/mol. The van der Waals surface area contributed by atoms with E-state index in [2.05, 4.69) is 138 Å². The molecule has 12 bridgehead atoms. The summed E-state index contributed by atoms with van der Waals surface area (Å²) in [5, 5.41) is 63.2. The van der Waals surface area contributed by atoms with Crippen LogP contribution in [0.3, 0.4) is 0 Å². The van der Waals surface area contributed by atoms with Crippen LogP contribution in [0.25, 0.3) is 0 Å². The van der Waals surface area contributed by atoms with Crippen molar-refractivity contribution in [2.45, 2.75) is 548 Å². The normalized spacial score (nSPS) is 44.0. The Morgan fingerprint density at radius 1 is 0.339 bits per heavy atom. The average Bonchev–Trinajstić information content (AvgIpc) is 1.55. The van der Waals surface area contributed by atoms with E-state index in [-0.39, 0.29) is 46.3 Å². The second-order valence-corrected chi connectivity index (χ2v) is 54.3. The molecule has 21 aliphatic rings. The highest BCUT2D eigenvalue weighted by Gasteiger charge is 2.68. The van der Waals surface area contributed by atoms with Crippen molar-refractivity contribution in [3.05, 3.63) is 0 Å². The lowest BCUT2D eigenvalue weighted by Crippen LogP contribution is -2.57. The first-order chi connectivity index (χ1) is 56.3. The van der Waals surface area contributed by atoms with E-state index in [0.29, 0.717) is 48.7 Å². The van der Waals surface area contributed by atoms with Gasteiger partial charge in [0.05, 0.1) is 22.4 Å². The molecule has 7 heteroatoms. The summed E-state index contributed by atoms with van der Waals surface area (Å²) in [7, 11) is 1.00. The van der Waals surface area contributed by atoms with Gasteiger partial charge in [0.25, 0.3) is 0 Å². The van der Waals surface area contributed by atoms with E-state index in [1.807, 2.05) is 13.8 Å². The van der Waals surface area contributed by atoms with E-state index in [1.165, 1.54) is 287 Å². The molecule has 0 heterocycles. The molecule has 21 fully saturated rings. The Morgan fingerprint density at radius 2 is 0.752 bits per heavy atom. The summed E-state index contributed by atoms with van der Waals surface area (Å²) in [5.74, 6) is 15.4. The van der Waals surface area contributed by atoms with Crippen LogP contribution in [0.5, 0.6) is 0 Å². The summed E-state index contributed by atoms with van der Waals surface area (Å²) >= 11 is 0. The van der Waals surface area contributed by atoms with Crippen LogP contribution in [0.1, 0.15) is 526 Å². The van der Waals surface area contributed by atoms with E-state index >= 15 is 0 Å². The van der Waals surface area contributed by atoms with Crippen LogP contribution in [0, 0.1) is 153 Å². The van der Waals surface area contributed by atoms with Crippen LogP contribution >= 0.6 is 0 Å². The fraction of sp³-hybridized carbons (Fsp3) is 1.00. The fourth-order valence-electron chi connectivity index (χ4n) is 34.9. The highest BCUT2D eigenvalue weighted by atomic mass is 16.3. The van der Waals surface area contributed by atoms with E-state index < -0.39 is 5.60 Å². The molecule has 16 atom stereocenters. The third kappa shape index (κ3) is 23.9. The maximum Gasteiger partial charge on any atom is 0.0701 e. The first kappa shape index (κ1) is 104. The molecule has 0 saturated heterocycles. The molecule has 0 aromatic rings. The number of fused-ring (bicyclic) bond motifs is 19. The number of aliphatic hydroxyl groups excluding tert-OH is 3. The van der Waals surface area contributed by atoms with Crippen molar-refractivity contribution in [2.24, 2.45) is 153 Å². The van der Waals surface area contributed by atoms with Crippen LogP contribution in [-0.2, 0) is 0 Å². The Hall–Kier alpha value is -0.280. The Balaban J connectivity index is 0.000000152. The van der Waals surface area contributed by atoms with Crippen molar-refractivity contribution in [3.8, 4) is 0 Å². The second kappa shape index (κ2) is 41.5. The summed E-state index contributed by atoms with van der Waals surface area (Å²) in [6.45, 7) is 56.8. The molecule has 121 heavy (non-hydrogen) atoms. The van der Waals surface area contributed by atoms with Crippen LogP contribution in [-0.4, -0.2) is 78.5 Å². The van der Waals surface area contributed by atoms with Crippen LogP contribution < -0.4 is 0 Å². The zero-order valence-corrected chi connectivity index (χ0v) is 85.7. The van der Waals surface area contributed by atoms with Gasteiger partial charge in [-0.3, -0.25) is 0 Å². The molecule has 0 aliphatic heterocycles.